The summed E-state index contributed by atoms with van der Waals surface area (Å²) in [6.45, 7) is 3.15. The molecule has 0 radical (unpaired) electrons. The summed E-state index contributed by atoms with van der Waals surface area (Å²) < 4.78 is 21.1. The standard InChI is InChI=1S/C25H29FN2O2/c1-3-27(17-18-9-5-4-6-10-18)25(29)19-11-7-12-20-23(19)24-21(28(20)16-15-26)13-8-14-22(24)30-2/h4-6,8-10,13-14,19H,3,7,11-12,15-17H2,1-2H3/t19-/m0/s1. The summed E-state index contributed by atoms with van der Waals surface area (Å²) in [5, 5.41) is 0.970. The minimum atomic E-state index is -0.429. The van der Waals surface area contributed by atoms with Gasteiger partial charge in [0.2, 0.25) is 5.91 Å². The number of amides is 1. The molecule has 0 saturated heterocycles. The van der Waals surface area contributed by atoms with Crippen LogP contribution in [0.15, 0.2) is 48.5 Å². The van der Waals surface area contributed by atoms with Gasteiger partial charge in [0.15, 0.2) is 0 Å². The molecule has 0 unspecified atom stereocenters. The zero-order valence-electron chi connectivity index (χ0n) is 17.7. The number of likely N-dealkylation sites (N-methyl/N-ethyl adjacent to an activating group) is 1. The molecular weight excluding hydrogens is 379 g/mol. The number of hydrogen-bond acceptors (Lipinski definition) is 2. The maximum atomic E-state index is 13.7. The number of aromatic nitrogens is 1. The first-order valence-corrected chi connectivity index (χ1v) is 10.8. The van der Waals surface area contributed by atoms with E-state index in [1.165, 1.54) is 0 Å². The monoisotopic (exact) mass is 408 g/mol. The van der Waals surface area contributed by atoms with Gasteiger partial charge in [-0.1, -0.05) is 36.4 Å². The SMILES string of the molecule is CCN(Cc1ccccc1)C(=O)[C@H]1CCCc2c1c1c(OC)cccc1n2CCF. The van der Waals surface area contributed by atoms with E-state index in [4.69, 9.17) is 4.74 Å². The van der Waals surface area contributed by atoms with Gasteiger partial charge in [-0.25, -0.2) is 4.39 Å². The average Bonchev–Trinajstić information content (AvgIpc) is 3.12. The fourth-order valence-corrected chi connectivity index (χ4v) is 4.84. The van der Waals surface area contributed by atoms with Crippen molar-refractivity contribution in [2.24, 2.45) is 0 Å². The number of benzene rings is 2. The fourth-order valence-electron chi connectivity index (χ4n) is 4.84. The zero-order valence-corrected chi connectivity index (χ0v) is 17.7. The zero-order chi connectivity index (χ0) is 21.1. The molecule has 0 N–H and O–H groups in total. The first kappa shape index (κ1) is 20.5. The number of alkyl halides is 1. The van der Waals surface area contributed by atoms with Crippen molar-refractivity contribution < 1.29 is 13.9 Å². The van der Waals surface area contributed by atoms with Gasteiger partial charge in [-0.15, -0.1) is 0 Å². The first-order chi connectivity index (χ1) is 14.7. The van der Waals surface area contributed by atoms with E-state index in [0.29, 0.717) is 19.6 Å². The number of rotatable bonds is 7. The van der Waals surface area contributed by atoms with Crippen LogP contribution in [0.3, 0.4) is 0 Å². The van der Waals surface area contributed by atoms with E-state index in [1.807, 2.05) is 48.2 Å². The first-order valence-electron chi connectivity index (χ1n) is 10.8. The van der Waals surface area contributed by atoms with Crippen LogP contribution in [-0.4, -0.2) is 35.7 Å². The lowest BCUT2D eigenvalue weighted by Gasteiger charge is -2.30. The number of methoxy groups -OCH3 is 1. The highest BCUT2D eigenvalue weighted by Crippen LogP contribution is 2.43. The predicted molar refractivity (Wildman–Crippen MR) is 118 cm³/mol. The Kier molecular flexibility index (Phi) is 6.07. The summed E-state index contributed by atoms with van der Waals surface area (Å²) in [5.74, 6) is 0.678. The summed E-state index contributed by atoms with van der Waals surface area (Å²) in [7, 11) is 1.65. The third kappa shape index (κ3) is 3.57. The van der Waals surface area contributed by atoms with Crippen LogP contribution in [0, 0.1) is 0 Å². The molecule has 1 aliphatic carbocycles. The Labute approximate surface area is 177 Å². The average molecular weight is 409 g/mol. The second-order valence-corrected chi connectivity index (χ2v) is 7.84. The number of halogens is 1. The second kappa shape index (κ2) is 8.90. The third-order valence-electron chi connectivity index (χ3n) is 6.19. The van der Waals surface area contributed by atoms with Crippen LogP contribution >= 0.6 is 0 Å². The number of aryl methyl sites for hydroxylation is 1. The van der Waals surface area contributed by atoms with Crippen LogP contribution in [0.25, 0.3) is 10.9 Å². The Hall–Kier alpha value is -2.82. The summed E-state index contributed by atoms with van der Waals surface area (Å²) in [4.78, 5) is 15.6. The highest BCUT2D eigenvalue weighted by atomic mass is 19.1. The molecule has 4 rings (SSSR count). The van der Waals surface area contributed by atoms with Crippen molar-refractivity contribution >= 4 is 16.8 Å². The van der Waals surface area contributed by atoms with Gasteiger partial charge in [0, 0.05) is 24.2 Å². The number of nitrogens with zero attached hydrogens (tertiary/aromatic N) is 2. The molecule has 1 atom stereocenters. The van der Waals surface area contributed by atoms with Gasteiger partial charge in [0.25, 0.3) is 0 Å². The molecule has 1 aliphatic rings. The number of ether oxygens (including phenoxy) is 1. The topological polar surface area (TPSA) is 34.5 Å². The van der Waals surface area contributed by atoms with Gasteiger partial charge in [0.05, 0.1) is 25.1 Å². The molecule has 2 aromatic carbocycles. The van der Waals surface area contributed by atoms with E-state index in [1.54, 1.807) is 7.11 Å². The summed E-state index contributed by atoms with van der Waals surface area (Å²) in [6.07, 6.45) is 2.60. The largest absolute Gasteiger partial charge is 0.496 e. The molecule has 1 heterocycles. The molecular formula is C25H29FN2O2. The van der Waals surface area contributed by atoms with E-state index in [2.05, 4.69) is 16.7 Å². The number of carbonyl (C=O) groups is 1. The molecule has 0 fully saturated rings. The van der Waals surface area contributed by atoms with Gasteiger partial charge in [-0.2, -0.15) is 0 Å². The normalized spacial score (nSPS) is 15.8. The smallest absolute Gasteiger partial charge is 0.230 e. The van der Waals surface area contributed by atoms with Crippen LogP contribution in [-0.2, 0) is 24.3 Å². The van der Waals surface area contributed by atoms with Gasteiger partial charge in [-0.3, -0.25) is 4.79 Å². The summed E-state index contributed by atoms with van der Waals surface area (Å²) >= 11 is 0. The predicted octanol–water partition coefficient (Wildman–Crippen LogP) is 5.09. The molecule has 0 bridgehead atoms. The van der Waals surface area contributed by atoms with Crippen molar-refractivity contribution in [1.29, 1.82) is 0 Å². The number of fused-ring (bicyclic) bond motifs is 3. The highest BCUT2D eigenvalue weighted by molar-refractivity contribution is 5.97. The molecule has 3 aromatic rings. The van der Waals surface area contributed by atoms with Crippen molar-refractivity contribution in [3.05, 3.63) is 65.4 Å². The Morgan fingerprint density at radius 3 is 2.70 bits per heavy atom. The van der Waals surface area contributed by atoms with E-state index in [9.17, 15) is 9.18 Å². The molecule has 1 amide bonds. The lowest BCUT2D eigenvalue weighted by atomic mass is 9.83. The molecule has 158 valence electrons. The van der Waals surface area contributed by atoms with Crippen LogP contribution in [0.5, 0.6) is 5.75 Å². The lowest BCUT2D eigenvalue weighted by Crippen LogP contribution is -2.36. The number of hydrogen-bond donors (Lipinski definition) is 0. The highest BCUT2D eigenvalue weighted by Gasteiger charge is 2.35. The molecule has 0 spiro atoms. The lowest BCUT2D eigenvalue weighted by molar-refractivity contribution is -0.133. The van der Waals surface area contributed by atoms with Crippen molar-refractivity contribution in [3.63, 3.8) is 0 Å². The van der Waals surface area contributed by atoms with Crippen molar-refractivity contribution in [1.82, 2.24) is 9.47 Å². The minimum absolute atomic E-state index is 0.146. The Morgan fingerprint density at radius 2 is 2.00 bits per heavy atom. The van der Waals surface area contributed by atoms with Crippen molar-refractivity contribution in [2.45, 2.75) is 45.2 Å². The van der Waals surface area contributed by atoms with Crippen molar-refractivity contribution in [2.75, 3.05) is 20.3 Å². The minimum Gasteiger partial charge on any atom is -0.496 e. The maximum absolute atomic E-state index is 13.7. The fraction of sp³-hybridized carbons (Fsp3) is 0.400. The molecule has 1 aromatic heterocycles. The van der Waals surface area contributed by atoms with Gasteiger partial charge in [-0.05, 0) is 49.4 Å². The van der Waals surface area contributed by atoms with E-state index >= 15 is 0 Å². The van der Waals surface area contributed by atoms with E-state index in [-0.39, 0.29) is 11.8 Å². The van der Waals surface area contributed by atoms with Crippen LogP contribution in [0.4, 0.5) is 4.39 Å². The van der Waals surface area contributed by atoms with Crippen LogP contribution < -0.4 is 4.74 Å². The Balaban J connectivity index is 1.79. The van der Waals surface area contributed by atoms with E-state index < -0.39 is 6.67 Å². The molecule has 5 heteroatoms. The third-order valence-corrected chi connectivity index (χ3v) is 6.19. The van der Waals surface area contributed by atoms with Gasteiger partial charge in [0.1, 0.15) is 12.4 Å². The Bertz CT molecular complexity index is 1030. The van der Waals surface area contributed by atoms with Crippen LogP contribution in [0.1, 0.15) is 42.5 Å². The van der Waals surface area contributed by atoms with Crippen molar-refractivity contribution in [3.8, 4) is 5.75 Å². The summed E-state index contributed by atoms with van der Waals surface area (Å²) in [5.41, 5.74) is 4.22. The summed E-state index contributed by atoms with van der Waals surface area (Å²) in [6, 6.07) is 16.0. The van der Waals surface area contributed by atoms with Crippen LogP contribution in [0.2, 0.25) is 0 Å². The molecule has 0 saturated carbocycles. The molecule has 4 nitrogen and oxygen atoms in total. The quantitative estimate of drug-likeness (QED) is 0.546. The second-order valence-electron chi connectivity index (χ2n) is 7.84. The van der Waals surface area contributed by atoms with Gasteiger partial charge < -0.3 is 14.2 Å². The molecule has 0 aliphatic heterocycles. The Morgan fingerprint density at radius 1 is 1.20 bits per heavy atom. The molecule has 30 heavy (non-hydrogen) atoms. The number of carbonyl (C=O) groups excluding carboxylic acids is 1. The maximum Gasteiger partial charge on any atom is 0.230 e. The van der Waals surface area contributed by atoms with E-state index in [0.717, 1.165) is 52.7 Å². The van der Waals surface area contributed by atoms with Gasteiger partial charge >= 0.3 is 0 Å².